The van der Waals surface area contributed by atoms with Gasteiger partial charge in [0.05, 0.1) is 0 Å². The van der Waals surface area contributed by atoms with E-state index in [1.165, 1.54) is 6.07 Å². The normalized spacial score (nSPS) is 10.9. The number of halogens is 1. The number of nitrogens with zero attached hydrogens (tertiary/aromatic N) is 1. The Hall–Kier alpha value is -3.67. The number of carboxylic acid groups (broad SMARTS) is 1. The molecule has 1 heterocycles. The molecule has 5 nitrogen and oxygen atoms in total. The Morgan fingerprint density at radius 1 is 1.04 bits per heavy atom. The van der Waals surface area contributed by atoms with Gasteiger partial charge in [0.1, 0.15) is 17.1 Å². The van der Waals surface area contributed by atoms with Crippen molar-refractivity contribution in [2.75, 3.05) is 6.61 Å². The van der Waals surface area contributed by atoms with Crippen LogP contribution >= 0.6 is 0 Å². The molecule has 0 aliphatic heterocycles. The van der Waals surface area contributed by atoms with E-state index in [9.17, 15) is 9.18 Å². The molecule has 27 heavy (non-hydrogen) atoms. The highest BCUT2D eigenvalue weighted by Crippen LogP contribution is 2.30. The van der Waals surface area contributed by atoms with E-state index >= 15 is 0 Å². The van der Waals surface area contributed by atoms with Crippen molar-refractivity contribution in [3.8, 4) is 28.3 Å². The lowest BCUT2D eigenvalue weighted by Crippen LogP contribution is -2.09. The van der Waals surface area contributed by atoms with Crippen molar-refractivity contribution in [3.05, 3.63) is 72.5 Å². The fraction of sp³-hybridized carbons (Fsp3) is 0.0476. The van der Waals surface area contributed by atoms with Crippen LogP contribution in [0.1, 0.15) is 0 Å². The summed E-state index contributed by atoms with van der Waals surface area (Å²) in [5.41, 5.74) is 3.01. The highest BCUT2D eigenvalue weighted by Gasteiger charge is 2.12. The number of aromatic nitrogens is 1. The Morgan fingerprint density at radius 2 is 1.89 bits per heavy atom. The molecule has 0 aliphatic carbocycles. The number of benzene rings is 3. The van der Waals surface area contributed by atoms with Gasteiger partial charge in [-0.3, -0.25) is 0 Å². The van der Waals surface area contributed by atoms with Crippen molar-refractivity contribution in [2.24, 2.45) is 0 Å². The molecule has 0 spiro atoms. The number of fused-ring (bicyclic) bond motifs is 1. The maximum Gasteiger partial charge on any atom is 0.341 e. The molecule has 0 unspecified atom stereocenters. The van der Waals surface area contributed by atoms with E-state index in [4.69, 9.17) is 14.3 Å². The van der Waals surface area contributed by atoms with E-state index in [-0.39, 0.29) is 5.82 Å². The van der Waals surface area contributed by atoms with E-state index in [2.05, 4.69) is 4.98 Å². The molecule has 0 fully saturated rings. The highest BCUT2D eigenvalue weighted by molar-refractivity contribution is 5.82. The molecule has 0 amide bonds. The molecular weight excluding hydrogens is 349 g/mol. The molecule has 1 aromatic heterocycles. The largest absolute Gasteiger partial charge is 0.482 e. The first-order chi connectivity index (χ1) is 13.1. The third-order valence-electron chi connectivity index (χ3n) is 4.02. The monoisotopic (exact) mass is 363 g/mol. The first-order valence-corrected chi connectivity index (χ1v) is 8.21. The molecule has 0 aliphatic rings. The summed E-state index contributed by atoms with van der Waals surface area (Å²) in [5.74, 6) is -0.580. The third kappa shape index (κ3) is 3.50. The van der Waals surface area contributed by atoms with Crippen molar-refractivity contribution >= 4 is 17.1 Å². The average molecular weight is 363 g/mol. The van der Waals surface area contributed by atoms with Gasteiger partial charge in [-0.1, -0.05) is 30.3 Å². The van der Waals surface area contributed by atoms with Gasteiger partial charge in [0, 0.05) is 11.1 Å². The van der Waals surface area contributed by atoms with Crippen LogP contribution in [0.2, 0.25) is 0 Å². The molecule has 1 N–H and O–H groups in total. The van der Waals surface area contributed by atoms with Gasteiger partial charge >= 0.3 is 5.97 Å². The molecule has 0 saturated carbocycles. The molecule has 134 valence electrons. The van der Waals surface area contributed by atoms with E-state index in [0.717, 1.165) is 0 Å². The SMILES string of the molecule is O=C(O)COc1cccc(-c2nc3ccc(-c4ccccc4F)cc3o2)c1. The summed E-state index contributed by atoms with van der Waals surface area (Å²) in [7, 11) is 0. The number of hydrogen-bond donors (Lipinski definition) is 1. The standard InChI is InChI=1S/C21H14FNO4/c22-17-7-2-1-6-16(17)13-8-9-18-19(11-13)27-21(23-18)14-4-3-5-15(10-14)26-12-20(24)25/h1-11H,12H2,(H,24,25). The maximum atomic E-state index is 14.0. The van der Waals surface area contributed by atoms with Crippen LogP contribution in [0, 0.1) is 5.82 Å². The van der Waals surface area contributed by atoms with Crippen molar-refractivity contribution in [1.29, 1.82) is 0 Å². The van der Waals surface area contributed by atoms with Crippen molar-refractivity contribution < 1.29 is 23.4 Å². The van der Waals surface area contributed by atoms with Gasteiger partial charge in [-0.25, -0.2) is 14.2 Å². The van der Waals surface area contributed by atoms with Crippen molar-refractivity contribution in [2.45, 2.75) is 0 Å². The van der Waals surface area contributed by atoms with Gasteiger partial charge in [0.15, 0.2) is 12.2 Å². The minimum Gasteiger partial charge on any atom is -0.482 e. The minimum atomic E-state index is -1.05. The molecule has 6 heteroatoms. The lowest BCUT2D eigenvalue weighted by molar-refractivity contribution is -0.139. The third-order valence-corrected chi connectivity index (χ3v) is 4.02. The van der Waals surface area contributed by atoms with Gasteiger partial charge < -0.3 is 14.3 Å². The molecular formula is C21H14FNO4. The summed E-state index contributed by atoms with van der Waals surface area (Å²) >= 11 is 0. The molecule has 0 atom stereocenters. The number of oxazole rings is 1. The molecule has 4 aromatic rings. The number of hydrogen-bond acceptors (Lipinski definition) is 4. The minimum absolute atomic E-state index is 0.306. The molecule has 0 saturated heterocycles. The highest BCUT2D eigenvalue weighted by atomic mass is 19.1. The van der Waals surface area contributed by atoms with E-state index < -0.39 is 12.6 Å². The predicted molar refractivity (Wildman–Crippen MR) is 98.0 cm³/mol. The van der Waals surface area contributed by atoms with Crippen LogP contribution in [0.3, 0.4) is 0 Å². The number of carboxylic acids is 1. The van der Waals surface area contributed by atoms with E-state index in [1.54, 1.807) is 60.7 Å². The lowest BCUT2D eigenvalue weighted by atomic mass is 10.1. The van der Waals surface area contributed by atoms with Crippen LogP contribution in [-0.4, -0.2) is 22.7 Å². The van der Waals surface area contributed by atoms with Gasteiger partial charge in [0.2, 0.25) is 5.89 Å². The zero-order chi connectivity index (χ0) is 18.8. The van der Waals surface area contributed by atoms with Gasteiger partial charge in [0.25, 0.3) is 0 Å². The number of rotatable bonds is 5. The zero-order valence-corrected chi connectivity index (χ0v) is 14.1. The van der Waals surface area contributed by atoms with Crippen LogP contribution in [0.4, 0.5) is 4.39 Å². The zero-order valence-electron chi connectivity index (χ0n) is 14.1. The first kappa shape index (κ1) is 16.8. The Balaban J connectivity index is 1.69. The van der Waals surface area contributed by atoms with Crippen molar-refractivity contribution in [3.63, 3.8) is 0 Å². The number of aliphatic carboxylic acids is 1. The van der Waals surface area contributed by atoms with Crippen LogP contribution in [0.5, 0.6) is 5.75 Å². The Kier molecular flexibility index (Phi) is 4.30. The van der Waals surface area contributed by atoms with Crippen LogP contribution in [-0.2, 0) is 4.79 Å². The quantitative estimate of drug-likeness (QED) is 0.553. The van der Waals surface area contributed by atoms with E-state index in [0.29, 0.717) is 39.4 Å². The first-order valence-electron chi connectivity index (χ1n) is 8.21. The molecule has 3 aromatic carbocycles. The summed E-state index contributed by atoms with van der Waals surface area (Å²) in [4.78, 5) is 15.1. The Bertz CT molecular complexity index is 1140. The molecule has 0 bridgehead atoms. The fourth-order valence-corrected chi connectivity index (χ4v) is 2.77. The second-order valence-electron chi connectivity index (χ2n) is 5.89. The number of carbonyl (C=O) groups is 1. The summed E-state index contributed by atoms with van der Waals surface area (Å²) in [6.07, 6.45) is 0. The number of ether oxygens (including phenoxy) is 1. The second-order valence-corrected chi connectivity index (χ2v) is 5.89. The Morgan fingerprint density at radius 3 is 2.70 bits per heavy atom. The van der Waals surface area contributed by atoms with Gasteiger partial charge in [-0.15, -0.1) is 0 Å². The van der Waals surface area contributed by atoms with Gasteiger partial charge in [-0.2, -0.15) is 0 Å². The average Bonchev–Trinajstić information content (AvgIpc) is 3.10. The van der Waals surface area contributed by atoms with Crippen LogP contribution in [0.15, 0.2) is 71.1 Å². The maximum absolute atomic E-state index is 14.0. The van der Waals surface area contributed by atoms with Crippen molar-refractivity contribution in [1.82, 2.24) is 4.98 Å². The second kappa shape index (κ2) is 6.92. The van der Waals surface area contributed by atoms with Crippen LogP contribution < -0.4 is 4.74 Å². The Labute approximate surface area is 153 Å². The van der Waals surface area contributed by atoms with E-state index in [1.807, 2.05) is 0 Å². The molecule has 0 radical (unpaired) electrons. The summed E-state index contributed by atoms with van der Waals surface area (Å²) < 4.78 is 25.0. The van der Waals surface area contributed by atoms with Gasteiger partial charge in [-0.05, 0) is 42.0 Å². The molecule has 4 rings (SSSR count). The van der Waals surface area contributed by atoms with Crippen LogP contribution in [0.25, 0.3) is 33.7 Å². The predicted octanol–water partition coefficient (Wildman–Crippen LogP) is 4.76. The lowest BCUT2D eigenvalue weighted by Gasteiger charge is -2.03. The fourth-order valence-electron chi connectivity index (χ4n) is 2.77. The summed E-state index contributed by atoms with van der Waals surface area (Å²) in [5, 5.41) is 8.71. The summed E-state index contributed by atoms with van der Waals surface area (Å²) in [6.45, 7) is -0.428. The smallest absolute Gasteiger partial charge is 0.341 e. The summed E-state index contributed by atoms with van der Waals surface area (Å²) in [6, 6.07) is 18.7. The topological polar surface area (TPSA) is 72.6 Å².